The van der Waals surface area contributed by atoms with E-state index in [1.165, 1.54) is 33.0 Å². The molecule has 4 heteroatoms. The number of nitrogens with zero attached hydrogens (tertiary/aromatic N) is 3. The fourth-order valence-electron chi connectivity index (χ4n) is 7.45. The van der Waals surface area contributed by atoms with Crippen molar-refractivity contribution in [3.63, 3.8) is 0 Å². The first kappa shape index (κ1) is 29.3. The average Bonchev–Trinajstić information content (AvgIpc) is 3.61. The number of benzene rings is 7. The van der Waals surface area contributed by atoms with Crippen LogP contribution in [0.4, 0.5) is 0 Å². The normalized spacial score (nSPS) is 12.5. The molecule has 240 valence electrons. The third-order valence-corrected chi connectivity index (χ3v) is 10.0. The van der Waals surface area contributed by atoms with E-state index in [-0.39, 0.29) is 0 Å². The van der Waals surface area contributed by atoms with Gasteiger partial charge in [-0.3, -0.25) is 0 Å². The number of hydrogen-bond donors (Lipinski definition) is 0. The molecule has 1 aliphatic carbocycles. The second kappa shape index (κ2) is 12.0. The highest BCUT2D eigenvalue weighted by Gasteiger charge is 2.21. The minimum atomic E-state index is 0.606. The third kappa shape index (κ3) is 5.12. The molecule has 4 nitrogen and oxygen atoms in total. The van der Waals surface area contributed by atoms with Crippen molar-refractivity contribution in [2.24, 2.45) is 0 Å². The van der Waals surface area contributed by atoms with Crippen LogP contribution in [0.1, 0.15) is 17.5 Å². The van der Waals surface area contributed by atoms with Crippen LogP contribution in [-0.4, -0.2) is 15.0 Å². The smallest absolute Gasteiger partial charge is 0.164 e. The first-order valence-corrected chi connectivity index (χ1v) is 17.4. The molecule has 0 saturated heterocycles. The van der Waals surface area contributed by atoms with E-state index in [9.17, 15) is 0 Å². The van der Waals surface area contributed by atoms with E-state index in [2.05, 4.69) is 115 Å². The summed E-state index contributed by atoms with van der Waals surface area (Å²) >= 11 is 0. The van der Waals surface area contributed by atoms with Crippen LogP contribution in [0.5, 0.6) is 0 Å². The van der Waals surface area contributed by atoms with Gasteiger partial charge in [0.2, 0.25) is 0 Å². The van der Waals surface area contributed by atoms with Crippen molar-refractivity contribution in [2.45, 2.75) is 12.8 Å². The van der Waals surface area contributed by atoms with Crippen molar-refractivity contribution in [1.29, 1.82) is 0 Å². The van der Waals surface area contributed by atoms with E-state index in [1.54, 1.807) is 0 Å². The first-order chi connectivity index (χ1) is 25.3. The predicted octanol–water partition coefficient (Wildman–Crippen LogP) is 12.2. The van der Waals surface area contributed by atoms with E-state index in [4.69, 9.17) is 19.4 Å². The zero-order valence-corrected chi connectivity index (χ0v) is 27.8. The van der Waals surface area contributed by atoms with Crippen LogP contribution in [0.3, 0.4) is 0 Å². The molecule has 0 amide bonds. The lowest BCUT2D eigenvalue weighted by Gasteiger charge is -2.14. The Balaban J connectivity index is 1.16. The molecule has 0 N–H and O–H groups in total. The second-order valence-corrected chi connectivity index (χ2v) is 13.1. The molecule has 9 aromatic rings. The van der Waals surface area contributed by atoms with Gasteiger partial charge in [-0.15, -0.1) is 0 Å². The van der Waals surface area contributed by atoms with Gasteiger partial charge >= 0.3 is 0 Å². The van der Waals surface area contributed by atoms with E-state index in [0.29, 0.717) is 17.5 Å². The molecule has 51 heavy (non-hydrogen) atoms. The van der Waals surface area contributed by atoms with Gasteiger partial charge in [0.25, 0.3) is 0 Å². The molecular formula is C47H31N3O. The summed E-state index contributed by atoms with van der Waals surface area (Å²) in [5.41, 5.74) is 11.6. The average molecular weight is 654 g/mol. The largest absolute Gasteiger partial charge is 0.455 e. The molecule has 10 rings (SSSR count). The second-order valence-electron chi connectivity index (χ2n) is 13.1. The molecule has 0 radical (unpaired) electrons. The van der Waals surface area contributed by atoms with Gasteiger partial charge in [0.05, 0.1) is 0 Å². The highest BCUT2D eigenvalue weighted by Crippen LogP contribution is 2.42. The maximum atomic E-state index is 6.66. The van der Waals surface area contributed by atoms with Crippen molar-refractivity contribution in [2.75, 3.05) is 0 Å². The lowest BCUT2D eigenvalue weighted by atomic mass is 9.91. The van der Waals surface area contributed by atoms with Gasteiger partial charge in [-0.2, -0.15) is 0 Å². The highest BCUT2D eigenvalue weighted by molar-refractivity contribution is 6.15. The maximum absolute atomic E-state index is 6.66. The molecular weight excluding hydrogens is 623 g/mol. The Morgan fingerprint density at radius 2 is 1.12 bits per heavy atom. The van der Waals surface area contributed by atoms with Gasteiger partial charge in [-0.05, 0) is 75.7 Å². The fourth-order valence-corrected chi connectivity index (χ4v) is 7.45. The van der Waals surface area contributed by atoms with Crippen molar-refractivity contribution in [3.05, 3.63) is 169 Å². The molecule has 2 aromatic heterocycles. The Hall–Kier alpha value is -6.65. The number of hydrogen-bond acceptors (Lipinski definition) is 4. The zero-order chi connectivity index (χ0) is 33.7. The molecule has 1 aliphatic rings. The van der Waals surface area contributed by atoms with Crippen LogP contribution in [0.25, 0.3) is 95.2 Å². The zero-order valence-electron chi connectivity index (χ0n) is 27.8. The van der Waals surface area contributed by atoms with Crippen molar-refractivity contribution in [1.82, 2.24) is 15.0 Å². The van der Waals surface area contributed by atoms with Gasteiger partial charge in [0, 0.05) is 33.0 Å². The quantitative estimate of drug-likeness (QED) is 0.185. The number of aryl methyl sites for hydroxylation is 1. The molecule has 0 saturated carbocycles. The van der Waals surface area contributed by atoms with Crippen LogP contribution in [-0.2, 0) is 6.42 Å². The minimum absolute atomic E-state index is 0.606. The summed E-state index contributed by atoms with van der Waals surface area (Å²) in [6.07, 6.45) is 6.70. The standard InChI is InChI=1S/C47H31N3O/c1-3-11-30(12-4-1)31-19-21-33(22-20-31)39-27-28-41(43-40-17-9-10-18-42(40)51-44(39)43)47-49-45(34-14-5-2-6-15-34)48-46(50-47)36-25-26-38-35(29-36)24-23-32-13-7-8-16-37(32)38/h1-6,8-12,14-29H,7,13H2. The summed E-state index contributed by atoms with van der Waals surface area (Å²) in [5, 5.41) is 4.44. The Morgan fingerprint density at radius 3 is 1.94 bits per heavy atom. The van der Waals surface area contributed by atoms with Crippen LogP contribution >= 0.6 is 0 Å². The van der Waals surface area contributed by atoms with Crippen molar-refractivity contribution in [3.8, 4) is 56.4 Å². The van der Waals surface area contributed by atoms with Crippen LogP contribution in [0.2, 0.25) is 0 Å². The van der Waals surface area contributed by atoms with Gasteiger partial charge < -0.3 is 4.42 Å². The lowest BCUT2D eigenvalue weighted by molar-refractivity contribution is 0.670. The Morgan fingerprint density at radius 1 is 0.471 bits per heavy atom. The van der Waals surface area contributed by atoms with Gasteiger partial charge in [0.1, 0.15) is 11.2 Å². The third-order valence-electron chi connectivity index (χ3n) is 10.0. The summed E-state index contributed by atoms with van der Waals surface area (Å²) in [4.78, 5) is 15.4. The minimum Gasteiger partial charge on any atom is -0.455 e. The number of allylic oxidation sites excluding steroid dienone is 1. The summed E-state index contributed by atoms with van der Waals surface area (Å²) < 4.78 is 6.66. The van der Waals surface area contributed by atoms with Crippen molar-refractivity contribution < 1.29 is 4.42 Å². The molecule has 0 atom stereocenters. The van der Waals surface area contributed by atoms with E-state index in [1.807, 2.05) is 48.5 Å². The van der Waals surface area contributed by atoms with Gasteiger partial charge in [0.15, 0.2) is 17.5 Å². The summed E-state index contributed by atoms with van der Waals surface area (Å²) in [5.74, 6) is 1.87. The number of fused-ring (bicyclic) bond motifs is 6. The van der Waals surface area contributed by atoms with E-state index < -0.39 is 0 Å². The molecule has 0 spiro atoms. The van der Waals surface area contributed by atoms with Crippen LogP contribution < -0.4 is 0 Å². The lowest BCUT2D eigenvalue weighted by Crippen LogP contribution is -2.01. The Kier molecular flexibility index (Phi) is 6.91. The van der Waals surface area contributed by atoms with Crippen molar-refractivity contribution >= 4 is 38.8 Å². The molecule has 0 aliphatic heterocycles. The number of aromatic nitrogens is 3. The molecule has 2 heterocycles. The van der Waals surface area contributed by atoms with E-state index >= 15 is 0 Å². The SMILES string of the molecule is C1=Cc2c(ccc3cc(-c4nc(-c5ccccc5)nc(-c5ccc(-c6ccc(-c7ccccc7)cc6)c6oc7ccccc7c56)n4)ccc23)CC1. The monoisotopic (exact) mass is 653 g/mol. The highest BCUT2D eigenvalue weighted by atomic mass is 16.3. The summed E-state index contributed by atoms with van der Waals surface area (Å²) in [6, 6.07) is 52.8. The molecule has 7 aromatic carbocycles. The topological polar surface area (TPSA) is 51.8 Å². The number of rotatable bonds is 5. The number of para-hydroxylation sites is 1. The molecule has 0 fully saturated rings. The molecule has 0 bridgehead atoms. The van der Waals surface area contributed by atoms with Crippen LogP contribution in [0.15, 0.2) is 162 Å². The summed E-state index contributed by atoms with van der Waals surface area (Å²) in [7, 11) is 0. The maximum Gasteiger partial charge on any atom is 0.164 e. The van der Waals surface area contributed by atoms with Crippen LogP contribution in [0, 0.1) is 0 Å². The van der Waals surface area contributed by atoms with Gasteiger partial charge in [-0.25, -0.2) is 15.0 Å². The fraction of sp³-hybridized carbons (Fsp3) is 0.0426. The number of furan rings is 1. The molecule has 0 unspecified atom stereocenters. The van der Waals surface area contributed by atoms with Gasteiger partial charge in [-0.1, -0.05) is 140 Å². The summed E-state index contributed by atoms with van der Waals surface area (Å²) in [6.45, 7) is 0. The Bertz CT molecular complexity index is 2780. The first-order valence-electron chi connectivity index (χ1n) is 17.4. The Labute approximate surface area is 295 Å². The predicted molar refractivity (Wildman–Crippen MR) is 209 cm³/mol. The van der Waals surface area contributed by atoms with E-state index in [0.717, 1.165) is 62.6 Å².